The average molecular weight is 335 g/mol. The van der Waals surface area contributed by atoms with Crippen molar-refractivity contribution in [2.75, 3.05) is 5.32 Å². The molecule has 7 heteroatoms. The van der Waals surface area contributed by atoms with Gasteiger partial charge in [-0.05, 0) is 31.0 Å². The first-order chi connectivity index (χ1) is 12.2. The van der Waals surface area contributed by atoms with Crippen molar-refractivity contribution in [3.8, 4) is 0 Å². The van der Waals surface area contributed by atoms with Gasteiger partial charge in [0.15, 0.2) is 11.5 Å². The summed E-state index contributed by atoms with van der Waals surface area (Å²) in [5.74, 6) is 1.27. The van der Waals surface area contributed by atoms with Gasteiger partial charge in [-0.1, -0.05) is 20.3 Å². The van der Waals surface area contributed by atoms with E-state index in [-0.39, 0.29) is 0 Å². The van der Waals surface area contributed by atoms with E-state index in [4.69, 9.17) is 0 Å². The fourth-order valence-electron chi connectivity index (χ4n) is 2.91. The van der Waals surface area contributed by atoms with E-state index in [1.807, 2.05) is 29.9 Å². The molecule has 128 valence electrons. The number of fused-ring (bicyclic) bond motifs is 2. The number of hydrogen-bond donors (Lipinski definition) is 2. The van der Waals surface area contributed by atoms with E-state index < -0.39 is 0 Å². The third kappa shape index (κ3) is 2.82. The molecule has 0 saturated carbocycles. The van der Waals surface area contributed by atoms with Crippen molar-refractivity contribution in [2.24, 2.45) is 5.92 Å². The van der Waals surface area contributed by atoms with Crippen LogP contribution in [-0.2, 0) is 6.54 Å². The Morgan fingerprint density at radius 2 is 2.20 bits per heavy atom. The van der Waals surface area contributed by atoms with Crippen LogP contribution >= 0.6 is 0 Å². The highest BCUT2D eigenvalue weighted by Crippen LogP contribution is 2.25. The van der Waals surface area contributed by atoms with Crippen molar-refractivity contribution in [3.05, 3.63) is 36.3 Å². The van der Waals surface area contributed by atoms with Gasteiger partial charge < -0.3 is 5.32 Å². The standard InChI is InChI=1S/C18H21N7/c1-4-11(2)10-25-18-14(12(3)24-25)8-13(9-20-18)21-17-16-15(22-23-17)6-5-7-19-16/h5-9,11H,4,10H2,1-3H3,(H2,21,22,23)/t11-/m0/s1. The number of aromatic amines is 1. The topological polar surface area (TPSA) is 84.3 Å². The summed E-state index contributed by atoms with van der Waals surface area (Å²) in [5.41, 5.74) is 4.49. The van der Waals surface area contributed by atoms with Gasteiger partial charge in [0.1, 0.15) is 5.52 Å². The van der Waals surface area contributed by atoms with Crippen LogP contribution < -0.4 is 5.32 Å². The molecule has 2 N–H and O–H groups in total. The molecule has 0 amide bonds. The Labute approximate surface area is 145 Å². The van der Waals surface area contributed by atoms with Crippen molar-refractivity contribution in [1.29, 1.82) is 0 Å². The molecule has 4 rings (SSSR count). The summed E-state index contributed by atoms with van der Waals surface area (Å²) in [5, 5.41) is 16.3. The van der Waals surface area contributed by atoms with Crippen LogP contribution in [-0.4, -0.2) is 29.9 Å². The zero-order chi connectivity index (χ0) is 17.4. The molecule has 0 aromatic carbocycles. The lowest BCUT2D eigenvalue weighted by atomic mass is 10.1. The van der Waals surface area contributed by atoms with E-state index in [2.05, 4.69) is 50.5 Å². The summed E-state index contributed by atoms with van der Waals surface area (Å²) < 4.78 is 2.01. The molecule has 25 heavy (non-hydrogen) atoms. The number of pyridine rings is 2. The molecular weight excluding hydrogens is 314 g/mol. The molecule has 0 aliphatic carbocycles. The van der Waals surface area contributed by atoms with E-state index in [0.29, 0.717) is 11.7 Å². The number of rotatable bonds is 5. The zero-order valence-corrected chi connectivity index (χ0v) is 14.6. The van der Waals surface area contributed by atoms with E-state index in [9.17, 15) is 0 Å². The van der Waals surface area contributed by atoms with Crippen LogP contribution in [0.15, 0.2) is 30.6 Å². The second-order valence-electron chi connectivity index (χ2n) is 6.47. The molecular formula is C18H21N7. The number of aromatic nitrogens is 6. The minimum Gasteiger partial charge on any atom is -0.336 e. The van der Waals surface area contributed by atoms with Crippen molar-refractivity contribution in [1.82, 2.24) is 29.9 Å². The quantitative estimate of drug-likeness (QED) is 0.579. The monoisotopic (exact) mass is 335 g/mol. The van der Waals surface area contributed by atoms with Crippen LogP contribution in [0.4, 0.5) is 11.5 Å². The molecule has 0 aliphatic rings. The molecule has 0 fully saturated rings. The Balaban J connectivity index is 1.68. The van der Waals surface area contributed by atoms with Gasteiger partial charge in [-0.3, -0.25) is 10.1 Å². The zero-order valence-electron chi connectivity index (χ0n) is 14.6. The van der Waals surface area contributed by atoms with E-state index in [1.165, 1.54) is 0 Å². The molecule has 0 unspecified atom stereocenters. The van der Waals surface area contributed by atoms with Crippen molar-refractivity contribution < 1.29 is 0 Å². The van der Waals surface area contributed by atoms with Gasteiger partial charge >= 0.3 is 0 Å². The largest absolute Gasteiger partial charge is 0.336 e. The number of H-pyrrole nitrogens is 1. The van der Waals surface area contributed by atoms with Crippen LogP contribution in [0.5, 0.6) is 0 Å². The molecule has 0 aliphatic heterocycles. The Morgan fingerprint density at radius 1 is 1.32 bits per heavy atom. The summed E-state index contributed by atoms with van der Waals surface area (Å²) >= 11 is 0. The average Bonchev–Trinajstić information content (AvgIpc) is 3.17. The van der Waals surface area contributed by atoms with Gasteiger partial charge in [0, 0.05) is 18.1 Å². The first-order valence-corrected chi connectivity index (χ1v) is 8.55. The number of nitrogens with zero attached hydrogens (tertiary/aromatic N) is 5. The Hall–Kier alpha value is -2.96. The lowest BCUT2D eigenvalue weighted by Crippen LogP contribution is -2.08. The maximum absolute atomic E-state index is 4.66. The Bertz CT molecular complexity index is 1030. The highest BCUT2D eigenvalue weighted by atomic mass is 15.3. The summed E-state index contributed by atoms with van der Waals surface area (Å²) in [6.45, 7) is 7.33. The predicted octanol–water partition coefficient (Wildman–Crippen LogP) is 3.80. The minimum absolute atomic E-state index is 0.573. The summed E-state index contributed by atoms with van der Waals surface area (Å²) in [6, 6.07) is 5.90. The third-order valence-electron chi connectivity index (χ3n) is 4.54. The van der Waals surface area contributed by atoms with Crippen LogP contribution in [0.25, 0.3) is 22.1 Å². The second kappa shape index (κ2) is 6.16. The van der Waals surface area contributed by atoms with Crippen molar-refractivity contribution >= 4 is 33.6 Å². The van der Waals surface area contributed by atoms with E-state index >= 15 is 0 Å². The molecule has 0 spiro atoms. The third-order valence-corrected chi connectivity index (χ3v) is 4.54. The first kappa shape index (κ1) is 15.6. The molecule has 1 atom stereocenters. The Morgan fingerprint density at radius 3 is 3.04 bits per heavy atom. The highest BCUT2D eigenvalue weighted by molar-refractivity contribution is 5.89. The van der Waals surface area contributed by atoms with E-state index in [1.54, 1.807) is 6.20 Å². The van der Waals surface area contributed by atoms with Gasteiger partial charge in [-0.2, -0.15) is 10.2 Å². The predicted molar refractivity (Wildman–Crippen MR) is 98.9 cm³/mol. The first-order valence-electron chi connectivity index (χ1n) is 8.55. The van der Waals surface area contributed by atoms with Gasteiger partial charge in [-0.25, -0.2) is 9.67 Å². The number of aryl methyl sites for hydroxylation is 1. The molecule has 0 saturated heterocycles. The number of nitrogens with one attached hydrogen (secondary N) is 2. The van der Waals surface area contributed by atoms with Crippen molar-refractivity contribution in [2.45, 2.75) is 33.7 Å². The lowest BCUT2D eigenvalue weighted by molar-refractivity contribution is 0.445. The molecule has 0 bridgehead atoms. The fraction of sp³-hybridized carbons (Fsp3) is 0.333. The van der Waals surface area contributed by atoms with Crippen LogP contribution in [0.1, 0.15) is 26.0 Å². The fourth-order valence-corrected chi connectivity index (χ4v) is 2.91. The highest BCUT2D eigenvalue weighted by Gasteiger charge is 2.13. The van der Waals surface area contributed by atoms with E-state index in [0.717, 1.165) is 46.4 Å². The molecule has 4 aromatic heterocycles. The van der Waals surface area contributed by atoms with Crippen LogP contribution in [0.3, 0.4) is 0 Å². The van der Waals surface area contributed by atoms with Gasteiger partial charge in [0.25, 0.3) is 0 Å². The maximum Gasteiger partial charge on any atom is 0.178 e. The minimum atomic E-state index is 0.573. The summed E-state index contributed by atoms with van der Waals surface area (Å²) in [7, 11) is 0. The smallest absolute Gasteiger partial charge is 0.178 e. The molecule has 4 aromatic rings. The molecule has 0 radical (unpaired) electrons. The second-order valence-corrected chi connectivity index (χ2v) is 6.47. The molecule has 4 heterocycles. The lowest BCUT2D eigenvalue weighted by Gasteiger charge is -2.09. The summed E-state index contributed by atoms with van der Waals surface area (Å²) in [6.07, 6.45) is 4.70. The Kier molecular flexibility index (Phi) is 3.83. The van der Waals surface area contributed by atoms with Gasteiger partial charge in [-0.15, -0.1) is 0 Å². The molecule has 7 nitrogen and oxygen atoms in total. The van der Waals surface area contributed by atoms with Crippen LogP contribution in [0.2, 0.25) is 0 Å². The van der Waals surface area contributed by atoms with Gasteiger partial charge in [0.2, 0.25) is 0 Å². The number of anilines is 2. The number of hydrogen-bond acceptors (Lipinski definition) is 5. The van der Waals surface area contributed by atoms with Crippen LogP contribution in [0, 0.1) is 12.8 Å². The maximum atomic E-state index is 4.66. The van der Waals surface area contributed by atoms with Crippen molar-refractivity contribution in [3.63, 3.8) is 0 Å². The van der Waals surface area contributed by atoms with Gasteiger partial charge in [0.05, 0.1) is 23.1 Å². The summed E-state index contributed by atoms with van der Waals surface area (Å²) in [4.78, 5) is 9.00. The SMILES string of the molecule is CC[C@H](C)Cn1nc(C)c2cc(Nc3n[nH]c4cccnc34)cnc21. The normalized spacial score (nSPS) is 12.8.